The molecule has 0 atom stereocenters. The number of benzene rings is 2. The van der Waals surface area contributed by atoms with Gasteiger partial charge >= 0.3 is 5.97 Å². The number of nitrogens with zero attached hydrogens (tertiary/aromatic N) is 2. The summed E-state index contributed by atoms with van der Waals surface area (Å²) in [5, 5.41) is 10.8. The zero-order chi connectivity index (χ0) is 18.5. The van der Waals surface area contributed by atoms with Gasteiger partial charge in [0.15, 0.2) is 5.70 Å². The van der Waals surface area contributed by atoms with Crippen molar-refractivity contribution in [3.8, 4) is 5.75 Å². The fraction of sp³-hybridized carbons (Fsp3) is 0.0526. The van der Waals surface area contributed by atoms with Gasteiger partial charge in [0, 0.05) is 18.2 Å². The average Bonchev–Trinajstić information content (AvgIpc) is 3.00. The Morgan fingerprint density at radius 1 is 1.12 bits per heavy atom. The summed E-state index contributed by atoms with van der Waals surface area (Å²) in [6, 6.07) is 13.3. The molecule has 2 aromatic carbocycles. The molecule has 1 aliphatic heterocycles. The minimum Gasteiger partial charge on any atom is -0.497 e. The van der Waals surface area contributed by atoms with Crippen LogP contribution in [0, 0.1) is 10.1 Å². The van der Waals surface area contributed by atoms with E-state index in [2.05, 4.69) is 4.99 Å². The number of methoxy groups -OCH3 is 1. The van der Waals surface area contributed by atoms with Crippen LogP contribution in [-0.2, 0) is 9.53 Å². The molecule has 0 amide bonds. The molecule has 2 aromatic rings. The number of rotatable bonds is 5. The predicted octanol–water partition coefficient (Wildman–Crippen LogP) is 3.61. The number of carbonyl (C=O) groups excluding carboxylic acids is 1. The standard InChI is InChI=1S/C19H14N2O5/c1-25-16-8-5-13(6-9-16)7-10-18-20-17(19(22)26-18)12-14-3-2-4-15(11-14)21(23)24/h2-12H,1H3. The number of ether oxygens (including phenoxy) is 2. The number of esters is 1. The molecule has 0 fully saturated rings. The minimum absolute atomic E-state index is 0.0608. The minimum atomic E-state index is -0.606. The molecule has 7 nitrogen and oxygen atoms in total. The molecule has 1 aliphatic rings. The van der Waals surface area contributed by atoms with Crippen LogP contribution in [0.1, 0.15) is 11.1 Å². The van der Waals surface area contributed by atoms with Crippen molar-refractivity contribution in [2.75, 3.05) is 7.11 Å². The molecule has 0 N–H and O–H groups in total. The van der Waals surface area contributed by atoms with Crippen molar-refractivity contribution < 1.29 is 19.2 Å². The number of nitro groups is 1. The van der Waals surface area contributed by atoms with E-state index in [1.807, 2.05) is 24.3 Å². The quantitative estimate of drug-likeness (QED) is 0.355. The fourth-order valence-corrected chi connectivity index (χ4v) is 2.27. The van der Waals surface area contributed by atoms with Gasteiger partial charge in [-0.05, 0) is 35.4 Å². The van der Waals surface area contributed by atoms with Crippen molar-refractivity contribution in [1.82, 2.24) is 0 Å². The average molecular weight is 350 g/mol. The van der Waals surface area contributed by atoms with Gasteiger partial charge in [-0.2, -0.15) is 0 Å². The van der Waals surface area contributed by atoms with E-state index in [-0.39, 0.29) is 17.3 Å². The van der Waals surface area contributed by atoms with Gasteiger partial charge < -0.3 is 9.47 Å². The molecule has 26 heavy (non-hydrogen) atoms. The third-order valence-corrected chi connectivity index (χ3v) is 3.56. The van der Waals surface area contributed by atoms with Gasteiger partial charge in [-0.3, -0.25) is 10.1 Å². The molecule has 0 radical (unpaired) electrons. The van der Waals surface area contributed by atoms with Crippen molar-refractivity contribution in [2.45, 2.75) is 0 Å². The highest BCUT2D eigenvalue weighted by Gasteiger charge is 2.21. The topological polar surface area (TPSA) is 91.0 Å². The molecule has 7 heteroatoms. The summed E-state index contributed by atoms with van der Waals surface area (Å²) >= 11 is 0. The Labute approximate surface area is 149 Å². The fourth-order valence-electron chi connectivity index (χ4n) is 2.27. The van der Waals surface area contributed by atoms with E-state index in [9.17, 15) is 14.9 Å². The lowest BCUT2D eigenvalue weighted by molar-refractivity contribution is -0.384. The molecule has 0 bridgehead atoms. The summed E-state index contributed by atoms with van der Waals surface area (Å²) in [6.45, 7) is 0. The molecule has 0 unspecified atom stereocenters. The lowest BCUT2D eigenvalue weighted by Gasteiger charge is -1.98. The van der Waals surface area contributed by atoms with Gasteiger partial charge in [-0.25, -0.2) is 9.79 Å². The number of hydrogen-bond acceptors (Lipinski definition) is 6. The highest BCUT2D eigenvalue weighted by atomic mass is 16.6. The second-order valence-corrected chi connectivity index (χ2v) is 5.33. The summed E-state index contributed by atoms with van der Waals surface area (Å²) in [6.07, 6.45) is 4.78. The Bertz CT molecular complexity index is 943. The van der Waals surface area contributed by atoms with Crippen molar-refractivity contribution in [1.29, 1.82) is 0 Å². The third kappa shape index (κ3) is 4.02. The first-order valence-corrected chi connectivity index (χ1v) is 7.64. The SMILES string of the molecule is COc1ccc(C=CC2=NC(=Cc3cccc([N+](=O)[O-])c3)C(=O)O2)cc1. The molecule has 0 saturated heterocycles. The van der Waals surface area contributed by atoms with Gasteiger partial charge in [-0.1, -0.05) is 24.3 Å². The van der Waals surface area contributed by atoms with Crippen LogP contribution in [0.15, 0.2) is 65.3 Å². The molecular weight excluding hydrogens is 336 g/mol. The first-order chi connectivity index (χ1) is 12.5. The van der Waals surface area contributed by atoms with E-state index in [1.165, 1.54) is 18.2 Å². The van der Waals surface area contributed by atoms with E-state index in [4.69, 9.17) is 9.47 Å². The number of non-ortho nitro benzene ring substituents is 1. The highest BCUT2D eigenvalue weighted by Crippen LogP contribution is 2.20. The zero-order valence-corrected chi connectivity index (χ0v) is 13.8. The van der Waals surface area contributed by atoms with Crippen LogP contribution in [0.4, 0.5) is 5.69 Å². The summed E-state index contributed by atoms with van der Waals surface area (Å²) in [4.78, 5) is 26.3. The van der Waals surface area contributed by atoms with E-state index < -0.39 is 10.9 Å². The first-order valence-electron chi connectivity index (χ1n) is 7.64. The molecule has 0 saturated carbocycles. The van der Waals surface area contributed by atoms with Crippen LogP contribution in [0.25, 0.3) is 12.2 Å². The van der Waals surface area contributed by atoms with Crippen molar-refractivity contribution in [3.63, 3.8) is 0 Å². The zero-order valence-electron chi connectivity index (χ0n) is 13.8. The number of aliphatic imine (C=N–C) groups is 1. The van der Waals surface area contributed by atoms with Crippen LogP contribution >= 0.6 is 0 Å². The van der Waals surface area contributed by atoms with Crippen molar-refractivity contribution in [2.24, 2.45) is 4.99 Å². The molecule has 0 spiro atoms. The van der Waals surface area contributed by atoms with Crippen molar-refractivity contribution in [3.05, 3.63) is 81.5 Å². The molecular formula is C19H14N2O5. The van der Waals surface area contributed by atoms with Crippen LogP contribution in [0.2, 0.25) is 0 Å². The van der Waals surface area contributed by atoms with E-state index in [0.29, 0.717) is 5.56 Å². The van der Waals surface area contributed by atoms with Gasteiger partial charge in [0.05, 0.1) is 12.0 Å². The van der Waals surface area contributed by atoms with E-state index in [0.717, 1.165) is 11.3 Å². The summed E-state index contributed by atoms with van der Waals surface area (Å²) in [5.41, 5.74) is 1.41. The Balaban J connectivity index is 1.78. The van der Waals surface area contributed by atoms with Gasteiger partial charge in [0.2, 0.25) is 5.90 Å². The maximum Gasteiger partial charge on any atom is 0.363 e. The first kappa shape index (κ1) is 17.1. The van der Waals surface area contributed by atoms with Gasteiger partial charge in [-0.15, -0.1) is 0 Å². The maximum absolute atomic E-state index is 11.9. The smallest absolute Gasteiger partial charge is 0.363 e. The van der Waals surface area contributed by atoms with E-state index in [1.54, 1.807) is 31.4 Å². The van der Waals surface area contributed by atoms with Crippen LogP contribution < -0.4 is 4.74 Å². The summed E-state index contributed by atoms with van der Waals surface area (Å²) < 4.78 is 10.2. The molecule has 130 valence electrons. The highest BCUT2D eigenvalue weighted by molar-refractivity contribution is 6.11. The predicted molar refractivity (Wildman–Crippen MR) is 96.6 cm³/mol. The summed E-state index contributed by atoms with van der Waals surface area (Å²) in [7, 11) is 1.59. The second-order valence-electron chi connectivity index (χ2n) is 5.33. The largest absolute Gasteiger partial charge is 0.497 e. The number of nitro benzene ring substituents is 1. The maximum atomic E-state index is 11.9. The lowest BCUT2D eigenvalue weighted by atomic mass is 10.2. The van der Waals surface area contributed by atoms with Crippen molar-refractivity contribution >= 4 is 29.7 Å². The Kier molecular flexibility index (Phi) is 4.89. The van der Waals surface area contributed by atoms with Crippen LogP contribution in [-0.4, -0.2) is 23.9 Å². The Hall–Kier alpha value is -3.74. The Morgan fingerprint density at radius 2 is 1.88 bits per heavy atom. The van der Waals surface area contributed by atoms with Gasteiger partial charge in [0.25, 0.3) is 5.69 Å². The summed E-state index contributed by atoms with van der Waals surface area (Å²) in [5.74, 6) is 0.294. The molecule has 0 aromatic heterocycles. The van der Waals surface area contributed by atoms with Crippen LogP contribution in [0.5, 0.6) is 5.75 Å². The number of cyclic esters (lactones) is 1. The third-order valence-electron chi connectivity index (χ3n) is 3.56. The number of carbonyl (C=O) groups is 1. The van der Waals surface area contributed by atoms with Crippen LogP contribution in [0.3, 0.4) is 0 Å². The lowest BCUT2D eigenvalue weighted by Crippen LogP contribution is -2.01. The Morgan fingerprint density at radius 3 is 2.58 bits per heavy atom. The molecule has 0 aliphatic carbocycles. The molecule has 3 rings (SSSR count). The number of hydrogen-bond donors (Lipinski definition) is 0. The normalized spacial score (nSPS) is 15.2. The monoisotopic (exact) mass is 350 g/mol. The molecule has 1 heterocycles. The van der Waals surface area contributed by atoms with Gasteiger partial charge in [0.1, 0.15) is 5.75 Å². The van der Waals surface area contributed by atoms with E-state index >= 15 is 0 Å². The second kappa shape index (κ2) is 7.43.